The van der Waals surface area contributed by atoms with Crippen LogP contribution in [0.4, 0.5) is 0 Å². The SMILES string of the molecule is COc1ccc([C@H]2N[C@](CO)(c3ccccc3)[C@H]3CN(C)C[C@@H]23)c(Cl)c1O. The highest BCUT2D eigenvalue weighted by Gasteiger charge is 2.57. The van der Waals surface area contributed by atoms with Gasteiger partial charge in [-0.15, -0.1) is 0 Å². The van der Waals surface area contributed by atoms with Crippen LogP contribution in [0.2, 0.25) is 5.02 Å². The summed E-state index contributed by atoms with van der Waals surface area (Å²) in [5.41, 5.74) is 1.38. The molecule has 0 saturated carbocycles. The van der Waals surface area contributed by atoms with Gasteiger partial charge in [-0.1, -0.05) is 48.0 Å². The van der Waals surface area contributed by atoms with Crippen LogP contribution in [-0.2, 0) is 5.54 Å². The van der Waals surface area contributed by atoms with Crippen molar-refractivity contribution in [1.82, 2.24) is 10.2 Å². The van der Waals surface area contributed by atoms with Gasteiger partial charge >= 0.3 is 0 Å². The minimum Gasteiger partial charge on any atom is -0.503 e. The monoisotopic (exact) mass is 388 g/mol. The number of halogens is 1. The van der Waals surface area contributed by atoms with Crippen molar-refractivity contribution in [2.45, 2.75) is 11.6 Å². The molecule has 3 N–H and O–H groups in total. The number of methoxy groups -OCH3 is 1. The summed E-state index contributed by atoms with van der Waals surface area (Å²) in [5.74, 6) is 0.828. The van der Waals surface area contributed by atoms with Gasteiger partial charge in [0.25, 0.3) is 0 Å². The number of aliphatic hydroxyl groups excluding tert-OH is 1. The van der Waals surface area contributed by atoms with Gasteiger partial charge in [0.15, 0.2) is 11.5 Å². The summed E-state index contributed by atoms with van der Waals surface area (Å²) in [7, 11) is 3.61. The molecule has 2 heterocycles. The molecule has 5 nitrogen and oxygen atoms in total. The van der Waals surface area contributed by atoms with E-state index in [1.807, 2.05) is 24.3 Å². The van der Waals surface area contributed by atoms with Crippen LogP contribution in [0.15, 0.2) is 42.5 Å². The van der Waals surface area contributed by atoms with E-state index in [2.05, 4.69) is 29.4 Å². The number of phenols is 1. The molecule has 2 aromatic rings. The molecule has 2 aliphatic heterocycles. The minimum atomic E-state index is -0.541. The van der Waals surface area contributed by atoms with Crippen molar-refractivity contribution in [3.8, 4) is 11.5 Å². The Balaban J connectivity index is 1.81. The number of nitrogens with one attached hydrogen (secondary N) is 1. The number of fused-ring (bicyclic) bond motifs is 1. The Kier molecular flexibility index (Phi) is 4.80. The first-order valence-corrected chi connectivity index (χ1v) is 9.57. The van der Waals surface area contributed by atoms with E-state index in [1.165, 1.54) is 7.11 Å². The zero-order valence-corrected chi connectivity index (χ0v) is 16.3. The van der Waals surface area contributed by atoms with E-state index in [0.717, 1.165) is 24.2 Å². The van der Waals surface area contributed by atoms with Crippen LogP contribution in [0.25, 0.3) is 0 Å². The van der Waals surface area contributed by atoms with Crippen LogP contribution in [0.3, 0.4) is 0 Å². The number of aliphatic hydroxyl groups is 1. The third kappa shape index (κ3) is 2.81. The second kappa shape index (κ2) is 6.99. The molecule has 6 heteroatoms. The maximum atomic E-state index is 10.5. The molecule has 0 bridgehead atoms. The topological polar surface area (TPSA) is 65.0 Å². The highest BCUT2D eigenvalue weighted by molar-refractivity contribution is 6.33. The molecule has 144 valence electrons. The first-order valence-electron chi connectivity index (χ1n) is 9.19. The summed E-state index contributed by atoms with van der Waals surface area (Å²) < 4.78 is 5.18. The maximum absolute atomic E-state index is 10.5. The molecule has 2 fully saturated rings. The van der Waals surface area contributed by atoms with Crippen LogP contribution in [0.5, 0.6) is 11.5 Å². The molecule has 0 unspecified atom stereocenters. The van der Waals surface area contributed by atoms with Gasteiger partial charge in [0.2, 0.25) is 0 Å². The first kappa shape index (κ1) is 18.6. The number of phenolic OH excluding ortho intramolecular Hbond substituents is 1. The van der Waals surface area contributed by atoms with E-state index < -0.39 is 5.54 Å². The van der Waals surface area contributed by atoms with Crippen molar-refractivity contribution in [3.63, 3.8) is 0 Å². The Labute approximate surface area is 164 Å². The molecule has 4 rings (SSSR count). The van der Waals surface area contributed by atoms with E-state index in [1.54, 1.807) is 6.07 Å². The molecule has 0 spiro atoms. The number of hydrogen-bond acceptors (Lipinski definition) is 5. The average molecular weight is 389 g/mol. The van der Waals surface area contributed by atoms with E-state index >= 15 is 0 Å². The zero-order valence-electron chi connectivity index (χ0n) is 15.5. The molecule has 2 saturated heterocycles. The largest absolute Gasteiger partial charge is 0.503 e. The van der Waals surface area contributed by atoms with Gasteiger partial charge in [-0.2, -0.15) is 0 Å². The van der Waals surface area contributed by atoms with Gasteiger partial charge < -0.3 is 19.8 Å². The van der Waals surface area contributed by atoms with Gasteiger partial charge in [-0.25, -0.2) is 0 Å². The van der Waals surface area contributed by atoms with Crippen LogP contribution in [0, 0.1) is 11.8 Å². The van der Waals surface area contributed by atoms with Crippen LogP contribution in [-0.4, -0.2) is 49.0 Å². The fraction of sp³-hybridized carbons (Fsp3) is 0.429. The number of aromatic hydroxyl groups is 1. The van der Waals surface area contributed by atoms with E-state index in [9.17, 15) is 10.2 Å². The number of likely N-dealkylation sites (tertiary alicyclic amines) is 1. The number of hydrogen-bond donors (Lipinski definition) is 3. The van der Waals surface area contributed by atoms with Crippen LogP contribution in [0.1, 0.15) is 17.2 Å². The number of ether oxygens (including phenoxy) is 1. The lowest BCUT2D eigenvalue weighted by Crippen LogP contribution is -2.47. The Morgan fingerprint density at radius 2 is 1.96 bits per heavy atom. The van der Waals surface area contributed by atoms with E-state index in [0.29, 0.717) is 10.8 Å². The van der Waals surface area contributed by atoms with Crippen LogP contribution < -0.4 is 10.1 Å². The highest BCUT2D eigenvalue weighted by atomic mass is 35.5. The van der Waals surface area contributed by atoms with Crippen LogP contribution >= 0.6 is 11.6 Å². The standard InChI is InChI=1S/C21H25ClN2O3/c1-24-10-15-16(11-24)21(12-25,13-6-4-3-5-7-13)23-19(15)14-8-9-17(27-2)20(26)18(14)22/h3-9,15-16,19,23,25-26H,10-12H2,1-2H3/t15-,16+,19-,21-/m1/s1. The molecule has 27 heavy (non-hydrogen) atoms. The normalized spacial score (nSPS) is 30.4. The summed E-state index contributed by atoms with van der Waals surface area (Å²) >= 11 is 6.52. The van der Waals surface area contributed by atoms with Crippen molar-refractivity contribution in [2.75, 3.05) is 33.9 Å². The predicted molar refractivity (Wildman–Crippen MR) is 105 cm³/mol. The number of benzene rings is 2. The molecule has 2 aliphatic rings. The number of nitrogens with zero attached hydrogens (tertiary/aromatic N) is 1. The minimum absolute atomic E-state index is 0.00226. The highest BCUT2D eigenvalue weighted by Crippen LogP contribution is 2.53. The average Bonchev–Trinajstić information content (AvgIpc) is 3.21. The lowest BCUT2D eigenvalue weighted by atomic mass is 9.76. The molecule has 4 atom stereocenters. The Morgan fingerprint density at radius 3 is 2.63 bits per heavy atom. The van der Waals surface area contributed by atoms with Crippen molar-refractivity contribution in [1.29, 1.82) is 0 Å². The molecule has 0 aliphatic carbocycles. The summed E-state index contributed by atoms with van der Waals surface area (Å²) in [5, 5.41) is 24.9. The predicted octanol–water partition coefficient (Wildman–Crippen LogP) is 2.76. The second-order valence-electron chi connectivity index (χ2n) is 7.63. The molecule has 0 amide bonds. The summed E-state index contributed by atoms with van der Waals surface area (Å²) in [6.45, 7) is 1.80. The van der Waals surface area contributed by atoms with Crippen molar-refractivity contribution >= 4 is 11.6 Å². The van der Waals surface area contributed by atoms with Gasteiger partial charge in [0, 0.05) is 25.0 Å². The quantitative estimate of drug-likeness (QED) is 0.751. The molecule has 0 aromatic heterocycles. The van der Waals surface area contributed by atoms with Crippen molar-refractivity contribution in [3.05, 3.63) is 58.6 Å². The van der Waals surface area contributed by atoms with Gasteiger partial charge in [-0.05, 0) is 30.2 Å². The Bertz CT molecular complexity index is 832. The molecule has 0 radical (unpaired) electrons. The molecular formula is C21H25ClN2O3. The van der Waals surface area contributed by atoms with E-state index in [-0.39, 0.29) is 30.2 Å². The molecule has 2 aromatic carbocycles. The lowest BCUT2D eigenvalue weighted by molar-refractivity contribution is 0.129. The zero-order chi connectivity index (χ0) is 19.2. The fourth-order valence-electron chi connectivity index (χ4n) is 4.95. The third-order valence-corrected chi connectivity index (χ3v) is 6.62. The van der Waals surface area contributed by atoms with Gasteiger partial charge in [0.1, 0.15) is 0 Å². The lowest BCUT2D eigenvalue weighted by Gasteiger charge is -2.35. The first-order chi connectivity index (χ1) is 13.0. The summed E-state index contributed by atoms with van der Waals surface area (Å²) in [4.78, 5) is 2.30. The summed E-state index contributed by atoms with van der Waals surface area (Å²) in [6.07, 6.45) is 0. The van der Waals surface area contributed by atoms with Gasteiger partial charge in [0.05, 0.1) is 24.3 Å². The van der Waals surface area contributed by atoms with Gasteiger partial charge in [-0.3, -0.25) is 5.32 Å². The second-order valence-corrected chi connectivity index (χ2v) is 8.01. The smallest absolute Gasteiger partial charge is 0.177 e. The molecular weight excluding hydrogens is 364 g/mol. The van der Waals surface area contributed by atoms with E-state index in [4.69, 9.17) is 16.3 Å². The Hall–Kier alpha value is -1.79. The number of rotatable bonds is 4. The third-order valence-electron chi connectivity index (χ3n) is 6.22. The maximum Gasteiger partial charge on any atom is 0.177 e. The summed E-state index contributed by atoms with van der Waals surface area (Å²) in [6, 6.07) is 13.7. The fourth-order valence-corrected chi connectivity index (χ4v) is 5.22. The van der Waals surface area contributed by atoms with Crippen molar-refractivity contribution in [2.24, 2.45) is 11.8 Å². The van der Waals surface area contributed by atoms with Crippen molar-refractivity contribution < 1.29 is 14.9 Å². The Morgan fingerprint density at radius 1 is 1.22 bits per heavy atom.